The quantitative estimate of drug-likeness (QED) is 0.913. The molecule has 0 saturated heterocycles. The van der Waals surface area contributed by atoms with Gasteiger partial charge in [-0.25, -0.2) is 4.98 Å². The molecule has 0 amide bonds. The molecule has 4 heteroatoms. The molecule has 110 valence electrons. The zero-order valence-electron chi connectivity index (χ0n) is 12.7. The fraction of sp³-hybridized carbons (Fsp3) is 0.471. The highest BCUT2D eigenvalue weighted by atomic mass is 15.2. The molecule has 1 aromatic heterocycles. The lowest BCUT2D eigenvalue weighted by molar-refractivity contribution is 0.372. The summed E-state index contributed by atoms with van der Waals surface area (Å²) in [5, 5.41) is 11.9. The Morgan fingerprint density at radius 1 is 1.00 bits per heavy atom. The van der Waals surface area contributed by atoms with Crippen LogP contribution in [0.4, 0.5) is 5.95 Å². The topological polar surface area (TPSA) is 50.7 Å². The van der Waals surface area contributed by atoms with Crippen molar-refractivity contribution in [1.82, 2.24) is 15.2 Å². The van der Waals surface area contributed by atoms with Crippen LogP contribution in [-0.2, 0) is 12.8 Å². The highest BCUT2D eigenvalue weighted by Gasteiger charge is 2.30. The lowest BCUT2D eigenvalue weighted by atomic mass is 9.76. The summed E-state index contributed by atoms with van der Waals surface area (Å²) in [7, 11) is 0. The smallest absolute Gasteiger partial charge is 0.243 e. The first-order chi connectivity index (χ1) is 10.3. The van der Waals surface area contributed by atoms with Gasteiger partial charge in [0.05, 0.1) is 11.4 Å². The molecule has 1 aromatic carbocycles. The molecule has 0 spiro atoms. The second-order valence-corrected chi connectivity index (χ2v) is 5.66. The molecule has 0 unspecified atom stereocenters. The summed E-state index contributed by atoms with van der Waals surface area (Å²) in [6, 6.07) is 11.2. The van der Waals surface area contributed by atoms with Gasteiger partial charge >= 0.3 is 0 Å². The summed E-state index contributed by atoms with van der Waals surface area (Å²) in [5.41, 5.74) is 3.51. The number of aromatic nitrogens is 3. The van der Waals surface area contributed by atoms with Crippen molar-refractivity contribution in [3.63, 3.8) is 0 Å². The third-order valence-corrected chi connectivity index (χ3v) is 4.25. The van der Waals surface area contributed by atoms with Gasteiger partial charge in [0.2, 0.25) is 5.95 Å². The maximum Gasteiger partial charge on any atom is 0.243 e. The molecule has 3 rings (SSSR count). The van der Waals surface area contributed by atoms with Crippen molar-refractivity contribution in [3.05, 3.63) is 47.3 Å². The minimum atomic E-state index is 0.467. The highest BCUT2D eigenvalue weighted by Crippen LogP contribution is 2.37. The molecule has 4 nitrogen and oxygen atoms in total. The zero-order valence-corrected chi connectivity index (χ0v) is 12.7. The molecule has 0 atom stereocenters. The normalized spacial score (nSPS) is 20.9. The van der Waals surface area contributed by atoms with E-state index in [0.717, 1.165) is 37.1 Å². The summed E-state index contributed by atoms with van der Waals surface area (Å²) < 4.78 is 0. The fourth-order valence-electron chi connectivity index (χ4n) is 2.91. The van der Waals surface area contributed by atoms with Gasteiger partial charge in [-0.05, 0) is 37.2 Å². The van der Waals surface area contributed by atoms with Crippen LogP contribution in [0.2, 0.25) is 0 Å². The molecular formula is C17H22N4. The average molecular weight is 282 g/mol. The van der Waals surface area contributed by atoms with Gasteiger partial charge in [-0.3, -0.25) is 0 Å². The number of rotatable bonds is 5. The average Bonchev–Trinajstić information content (AvgIpc) is 2.51. The molecular weight excluding hydrogens is 260 g/mol. The first-order valence-electron chi connectivity index (χ1n) is 7.84. The van der Waals surface area contributed by atoms with E-state index in [4.69, 9.17) is 0 Å². The van der Waals surface area contributed by atoms with Crippen molar-refractivity contribution >= 4 is 5.95 Å². The van der Waals surface area contributed by atoms with Crippen molar-refractivity contribution in [3.8, 4) is 0 Å². The van der Waals surface area contributed by atoms with Crippen LogP contribution in [0.25, 0.3) is 0 Å². The minimum absolute atomic E-state index is 0.467. The predicted octanol–water partition coefficient (Wildman–Crippen LogP) is 3.35. The van der Waals surface area contributed by atoms with Crippen LogP contribution in [0.3, 0.4) is 0 Å². The summed E-state index contributed by atoms with van der Waals surface area (Å²) in [4.78, 5) is 4.60. The van der Waals surface area contributed by atoms with Gasteiger partial charge in [-0.1, -0.05) is 44.2 Å². The van der Waals surface area contributed by atoms with Gasteiger partial charge in [-0.2, -0.15) is 5.10 Å². The minimum Gasteiger partial charge on any atom is -0.350 e. The summed E-state index contributed by atoms with van der Waals surface area (Å²) in [6.45, 7) is 4.20. The third kappa shape index (κ3) is 3.04. The molecule has 1 N–H and O–H groups in total. The van der Waals surface area contributed by atoms with Gasteiger partial charge in [-0.15, -0.1) is 5.10 Å². The molecule has 1 heterocycles. The third-order valence-electron chi connectivity index (χ3n) is 4.25. The number of benzene rings is 1. The van der Waals surface area contributed by atoms with Gasteiger partial charge < -0.3 is 5.32 Å². The molecule has 21 heavy (non-hydrogen) atoms. The van der Waals surface area contributed by atoms with Gasteiger partial charge in [0.25, 0.3) is 0 Å². The second-order valence-electron chi connectivity index (χ2n) is 5.66. The summed E-state index contributed by atoms with van der Waals surface area (Å²) in [6.07, 6.45) is 4.09. The van der Waals surface area contributed by atoms with E-state index in [9.17, 15) is 0 Å². The van der Waals surface area contributed by atoms with Crippen molar-refractivity contribution in [2.24, 2.45) is 0 Å². The Morgan fingerprint density at radius 2 is 1.71 bits per heavy atom. The number of aryl methyl sites for hydroxylation is 2. The van der Waals surface area contributed by atoms with Crippen molar-refractivity contribution in [2.45, 2.75) is 51.5 Å². The van der Waals surface area contributed by atoms with Crippen LogP contribution in [0, 0.1) is 0 Å². The first-order valence-corrected chi connectivity index (χ1v) is 7.84. The van der Waals surface area contributed by atoms with Crippen LogP contribution >= 0.6 is 0 Å². The van der Waals surface area contributed by atoms with Crippen LogP contribution in [-0.4, -0.2) is 21.2 Å². The van der Waals surface area contributed by atoms with E-state index < -0.39 is 0 Å². The van der Waals surface area contributed by atoms with E-state index in [-0.39, 0.29) is 0 Å². The van der Waals surface area contributed by atoms with Gasteiger partial charge in [0.15, 0.2) is 0 Å². The monoisotopic (exact) mass is 282 g/mol. The number of hydrogen-bond acceptors (Lipinski definition) is 4. The van der Waals surface area contributed by atoms with Crippen LogP contribution < -0.4 is 5.32 Å². The number of nitrogens with zero attached hydrogens (tertiary/aromatic N) is 3. The SMILES string of the molecule is CCc1nnc(NC2CC(c3ccccc3)C2)nc1CC. The van der Waals surface area contributed by atoms with Crippen LogP contribution in [0.5, 0.6) is 0 Å². The maximum absolute atomic E-state index is 4.60. The number of hydrogen-bond donors (Lipinski definition) is 1. The standard InChI is InChI=1S/C17H22N4/c1-3-15-16(4-2)20-21-17(19-15)18-14-10-13(11-14)12-8-6-5-7-9-12/h5-9,13-14H,3-4,10-11H2,1-2H3,(H,18,19,21). The Hall–Kier alpha value is -1.97. The van der Waals surface area contributed by atoms with E-state index in [1.165, 1.54) is 5.56 Å². The van der Waals surface area contributed by atoms with Crippen molar-refractivity contribution in [2.75, 3.05) is 5.32 Å². The Labute approximate surface area is 126 Å². The zero-order chi connectivity index (χ0) is 14.7. The number of nitrogens with one attached hydrogen (secondary N) is 1. The Bertz CT molecular complexity index is 591. The van der Waals surface area contributed by atoms with E-state index in [2.05, 4.69) is 64.7 Å². The lowest BCUT2D eigenvalue weighted by Crippen LogP contribution is -2.34. The lowest BCUT2D eigenvalue weighted by Gasteiger charge is -2.36. The van der Waals surface area contributed by atoms with E-state index in [0.29, 0.717) is 17.9 Å². The maximum atomic E-state index is 4.60. The van der Waals surface area contributed by atoms with Gasteiger partial charge in [0.1, 0.15) is 0 Å². The molecule has 0 radical (unpaired) electrons. The predicted molar refractivity (Wildman–Crippen MR) is 84.4 cm³/mol. The molecule has 1 aliphatic carbocycles. The van der Waals surface area contributed by atoms with Crippen LogP contribution in [0.1, 0.15) is 49.6 Å². The Morgan fingerprint density at radius 3 is 2.38 bits per heavy atom. The Kier molecular flexibility index (Phi) is 4.13. The molecule has 0 aliphatic heterocycles. The van der Waals surface area contributed by atoms with Gasteiger partial charge in [0, 0.05) is 6.04 Å². The van der Waals surface area contributed by atoms with Crippen LogP contribution in [0.15, 0.2) is 30.3 Å². The molecule has 1 aliphatic rings. The largest absolute Gasteiger partial charge is 0.350 e. The molecule has 1 saturated carbocycles. The van der Waals surface area contributed by atoms with E-state index in [1.807, 2.05) is 0 Å². The van der Waals surface area contributed by atoms with Crippen molar-refractivity contribution < 1.29 is 0 Å². The first kappa shape index (κ1) is 14.0. The highest BCUT2D eigenvalue weighted by molar-refractivity contribution is 5.31. The molecule has 2 aromatic rings. The molecule has 0 bridgehead atoms. The molecule has 1 fully saturated rings. The fourth-order valence-corrected chi connectivity index (χ4v) is 2.91. The Balaban J connectivity index is 1.59. The number of anilines is 1. The van der Waals surface area contributed by atoms with Crippen molar-refractivity contribution in [1.29, 1.82) is 0 Å². The van der Waals surface area contributed by atoms with E-state index in [1.54, 1.807) is 0 Å². The van der Waals surface area contributed by atoms with E-state index >= 15 is 0 Å². The second kappa shape index (κ2) is 6.20. The summed E-state index contributed by atoms with van der Waals surface area (Å²) >= 11 is 0. The summed E-state index contributed by atoms with van der Waals surface area (Å²) in [5.74, 6) is 1.35.